The Morgan fingerprint density at radius 2 is 1.77 bits per heavy atom. The molecular formula is C12H22O. The van der Waals surface area contributed by atoms with Gasteiger partial charge in [0.15, 0.2) is 0 Å². The van der Waals surface area contributed by atoms with Gasteiger partial charge >= 0.3 is 0 Å². The van der Waals surface area contributed by atoms with Crippen LogP contribution in [0.5, 0.6) is 0 Å². The maximum absolute atomic E-state index is 11.6. The average molecular weight is 182 g/mol. The van der Waals surface area contributed by atoms with Crippen molar-refractivity contribution in [1.82, 2.24) is 0 Å². The highest BCUT2D eigenvalue weighted by Gasteiger charge is 2.23. The monoisotopic (exact) mass is 182 g/mol. The fourth-order valence-electron chi connectivity index (χ4n) is 2.41. The molecule has 1 rings (SSSR count). The van der Waals surface area contributed by atoms with Crippen molar-refractivity contribution in [2.24, 2.45) is 11.8 Å². The van der Waals surface area contributed by atoms with Crippen molar-refractivity contribution in [1.29, 1.82) is 0 Å². The molecule has 0 bridgehead atoms. The Kier molecular flexibility index (Phi) is 4.47. The van der Waals surface area contributed by atoms with E-state index in [1.807, 2.05) is 6.92 Å². The van der Waals surface area contributed by atoms with Crippen molar-refractivity contribution >= 4 is 5.78 Å². The van der Waals surface area contributed by atoms with Crippen molar-refractivity contribution in [2.45, 2.75) is 58.8 Å². The first kappa shape index (κ1) is 10.7. The van der Waals surface area contributed by atoms with Crippen LogP contribution in [-0.2, 0) is 4.79 Å². The third kappa shape index (κ3) is 3.13. The fraction of sp³-hybridized carbons (Fsp3) is 0.917. The Hall–Kier alpha value is -0.330. The maximum atomic E-state index is 11.6. The van der Waals surface area contributed by atoms with Gasteiger partial charge in [-0.3, -0.25) is 4.79 Å². The molecule has 1 fully saturated rings. The summed E-state index contributed by atoms with van der Waals surface area (Å²) < 4.78 is 0. The number of hydrogen-bond acceptors (Lipinski definition) is 1. The highest BCUT2D eigenvalue weighted by atomic mass is 16.1. The molecule has 13 heavy (non-hydrogen) atoms. The highest BCUT2D eigenvalue weighted by Crippen LogP contribution is 2.28. The molecule has 0 heterocycles. The molecule has 0 amide bonds. The average Bonchev–Trinajstić information content (AvgIpc) is 2.11. The van der Waals surface area contributed by atoms with Crippen LogP contribution in [0.2, 0.25) is 0 Å². The van der Waals surface area contributed by atoms with Gasteiger partial charge < -0.3 is 0 Å². The van der Waals surface area contributed by atoms with Gasteiger partial charge in [0.25, 0.3) is 0 Å². The maximum Gasteiger partial charge on any atom is 0.135 e. The summed E-state index contributed by atoms with van der Waals surface area (Å²) in [4.78, 5) is 11.6. The molecule has 2 atom stereocenters. The summed E-state index contributed by atoms with van der Waals surface area (Å²) >= 11 is 0. The molecule has 0 aromatic rings. The lowest BCUT2D eigenvalue weighted by atomic mass is 9.80. The van der Waals surface area contributed by atoms with Gasteiger partial charge in [0.1, 0.15) is 5.78 Å². The topological polar surface area (TPSA) is 17.1 Å². The Morgan fingerprint density at radius 3 is 2.38 bits per heavy atom. The molecule has 0 aromatic heterocycles. The SMILES string of the molecule is CCC(=O)C1CCCCCCC1C. The van der Waals surface area contributed by atoms with Gasteiger partial charge in [-0.25, -0.2) is 0 Å². The van der Waals surface area contributed by atoms with Crippen LogP contribution < -0.4 is 0 Å². The first-order valence-electron chi connectivity index (χ1n) is 5.78. The number of carbonyl (C=O) groups is 1. The standard InChI is InChI=1S/C12H22O/c1-3-12(13)11-9-7-5-4-6-8-10(11)2/h10-11H,3-9H2,1-2H3. The Morgan fingerprint density at radius 1 is 1.15 bits per heavy atom. The van der Waals surface area contributed by atoms with Crippen molar-refractivity contribution in [2.75, 3.05) is 0 Å². The first-order valence-corrected chi connectivity index (χ1v) is 5.78. The molecule has 0 aromatic carbocycles. The second kappa shape index (κ2) is 5.41. The molecule has 0 N–H and O–H groups in total. The van der Waals surface area contributed by atoms with Crippen LogP contribution in [0.4, 0.5) is 0 Å². The van der Waals surface area contributed by atoms with Crippen molar-refractivity contribution in [3.63, 3.8) is 0 Å². The van der Waals surface area contributed by atoms with E-state index in [1.54, 1.807) is 0 Å². The van der Waals surface area contributed by atoms with Gasteiger partial charge in [0.05, 0.1) is 0 Å². The van der Waals surface area contributed by atoms with Gasteiger partial charge in [-0.2, -0.15) is 0 Å². The van der Waals surface area contributed by atoms with Gasteiger partial charge in [0.2, 0.25) is 0 Å². The molecule has 1 saturated carbocycles. The molecule has 0 saturated heterocycles. The zero-order valence-corrected chi connectivity index (χ0v) is 9.01. The number of rotatable bonds is 2. The van der Waals surface area contributed by atoms with Crippen LogP contribution in [0.25, 0.3) is 0 Å². The zero-order valence-electron chi connectivity index (χ0n) is 9.01. The summed E-state index contributed by atoms with van der Waals surface area (Å²) in [5, 5.41) is 0. The molecule has 0 aliphatic heterocycles. The minimum atomic E-state index is 0.380. The molecule has 1 nitrogen and oxygen atoms in total. The van der Waals surface area contributed by atoms with E-state index in [4.69, 9.17) is 0 Å². The van der Waals surface area contributed by atoms with Gasteiger partial charge in [-0.15, -0.1) is 0 Å². The smallest absolute Gasteiger partial charge is 0.135 e. The van der Waals surface area contributed by atoms with E-state index in [0.29, 0.717) is 17.6 Å². The molecular weight excluding hydrogens is 160 g/mol. The van der Waals surface area contributed by atoms with E-state index >= 15 is 0 Å². The summed E-state index contributed by atoms with van der Waals surface area (Å²) in [5.41, 5.74) is 0. The molecule has 1 heteroatoms. The number of carbonyl (C=O) groups excluding carboxylic acids is 1. The Bertz CT molecular complexity index is 163. The first-order chi connectivity index (χ1) is 6.25. The van der Waals surface area contributed by atoms with Crippen molar-refractivity contribution < 1.29 is 4.79 Å². The number of hydrogen-bond donors (Lipinski definition) is 0. The lowest BCUT2D eigenvalue weighted by Crippen LogP contribution is -2.22. The lowest BCUT2D eigenvalue weighted by Gasteiger charge is -2.24. The molecule has 0 spiro atoms. The second-order valence-electron chi connectivity index (χ2n) is 4.40. The molecule has 76 valence electrons. The fourth-order valence-corrected chi connectivity index (χ4v) is 2.41. The van der Waals surface area contributed by atoms with E-state index < -0.39 is 0 Å². The lowest BCUT2D eigenvalue weighted by molar-refractivity contribution is -0.124. The van der Waals surface area contributed by atoms with Crippen LogP contribution in [0.1, 0.15) is 58.8 Å². The minimum absolute atomic E-state index is 0.380. The van der Waals surface area contributed by atoms with Crippen molar-refractivity contribution in [3.8, 4) is 0 Å². The minimum Gasteiger partial charge on any atom is -0.299 e. The predicted octanol–water partition coefficient (Wildman–Crippen LogP) is 3.57. The van der Waals surface area contributed by atoms with Crippen LogP contribution in [-0.4, -0.2) is 5.78 Å². The van der Waals surface area contributed by atoms with Gasteiger partial charge in [-0.05, 0) is 12.3 Å². The summed E-state index contributed by atoms with van der Waals surface area (Å²) in [5.74, 6) is 1.51. The second-order valence-corrected chi connectivity index (χ2v) is 4.40. The van der Waals surface area contributed by atoms with Gasteiger partial charge in [0, 0.05) is 12.3 Å². The third-order valence-electron chi connectivity index (χ3n) is 3.37. The highest BCUT2D eigenvalue weighted by molar-refractivity contribution is 5.80. The van der Waals surface area contributed by atoms with E-state index in [-0.39, 0.29) is 0 Å². The molecule has 0 radical (unpaired) electrons. The Balaban J connectivity index is 2.50. The summed E-state index contributed by atoms with van der Waals surface area (Å²) in [6.07, 6.45) is 8.44. The third-order valence-corrected chi connectivity index (χ3v) is 3.37. The van der Waals surface area contributed by atoms with Crippen LogP contribution in [0.15, 0.2) is 0 Å². The van der Waals surface area contributed by atoms with E-state index in [2.05, 4.69) is 6.92 Å². The predicted molar refractivity (Wildman–Crippen MR) is 55.7 cm³/mol. The van der Waals surface area contributed by atoms with E-state index in [0.717, 1.165) is 12.8 Å². The van der Waals surface area contributed by atoms with Crippen molar-refractivity contribution in [3.05, 3.63) is 0 Å². The summed E-state index contributed by atoms with van der Waals surface area (Å²) in [6, 6.07) is 0. The van der Waals surface area contributed by atoms with Crippen LogP contribution in [0, 0.1) is 11.8 Å². The molecule has 1 aliphatic rings. The molecule has 1 aliphatic carbocycles. The normalized spacial score (nSPS) is 30.6. The summed E-state index contributed by atoms with van der Waals surface area (Å²) in [6.45, 7) is 4.25. The van der Waals surface area contributed by atoms with E-state index in [9.17, 15) is 4.79 Å². The Labute approximate surface area is 81.9 Å². The summed E-state index contributed by atoms with van der Waals surface area (Å²) in [7, 11) is 0. The zero-order chi connectivity index (χ0) is 9.68. The van der Waals surface area contributed by atoms with Crippen LogP contribution in [0.3, 0.4) is 0 Å². The van der Waals surface area contributed by atoms with Gasteiger partial charge in [-0.1, -0.05) is 46.0 Å². The largest absolute Gasteiger partial charge is 0.299 e. The quantitative estimate of drug-likeness (QED) is 0.638. The molecule has 2 unspecified atom stereocenters. The van der Waals surface area contributed by atoms with Crippen LogP contribution >= 0.6 is 0 Å². The number of ketones is 1. The van der Waals surface area contributed by atoms with E-state index in [1.165, 1.54) is 32.1 Å². The number of Topliss-reactive ketones (excluding diaryl/α,β-unsaturated/α-hetero) is 1.